The van der Waals surface area contributed by atoms with E-state index in [9.17, 15) is 13.5 Å². The maximum Gasteiger partial charge on any atom is 0.236 e. The van der Waals surface area contributed by atoms with Crippen molar-refractivity contribution >= 4 is 16.1 Å². The molecule has 1 saturated carbocycles. The minimum Gasteiger partial charge on any atom is -0.393 e. The zero-order valence-electron chi connectivity index (χ0n) is 12.0. The van der Waals surface area contributed by atoms with Crippen molar-refractivity contribution in [1.82, 2.24) is 4.72 Å². The number of aliphatic hydroxyl groups excluding tert-OH is 1. The van der Waals surface area contributed by atoms with E-state index in [1.165, 1.54) is 5.56 Å². The average molecular weight is 307 g/mol. The van der Waals surface area contributed by atoms with Crippen LogP contribution in [0.15, 0.2) is 29.2 Å². The molecule has 5 heteroatoms. The van der Waals surface area contributed by atoms with Crippen LogP contribution in [0.2, 0.25) is 0 Å². The third kappa shape index (κ3) is 3.36. The van der Waals surface area contributed by atoms with Gasteiger partial charge in [0.2, 0.25) is 10.0 Å². The Morgan fingerprint density at radius 1 is 1.05 bits per heavy atom. The van der Waals surface area contributed by atoms with Gasteiger partial charge in [0.05, 0.1) is 11.0 Å². The Bertz CT molecular complexity index is 643. The van der Waals surface area contributed by atoms with E-state index in [4.69, 9.17) is 0 Å². The molecule has 0 aromatic heterocycles. The van der Waals surface area contributed by atoms with Gasteiger partial charge in [-0.2, -0.15) is 0 Å². The van der Waals surface area contributed by atoms with Crippen LogP contribution < -0.4 is 4.72 Å². The topological polar surface area (TPSA) is 66.4 Å². The molecule has 114 valence electrons. The third-order valence-electron chi connectivity index (χ3n) is 4.38. The number of benzene rings is 1. The fourth-order valence-corrected chi connectivity index (χ4v) is 4.59. The van der Waals surface area contributed by atoms with Gasteiger partial charge in [0.15, 0.2) is 0 Å². The first-order valence-electron chi connectivity index (χ1n) is 7.53. The lowest BCUT2D eigenvalue weighted by Crippen LogP contribution is -2.39. The van der Waals surface area contributed by atoms with Crippen LogP contribution in [0.25, 0.3) is 6.08 Å². The van der Waals surface area contributed by atoms with Crippen LogP contribution >= 0.6 is 0 Å². The van der Waals surface area contributed by atoms with E-state index in [2.05, 4.69) is 4.72 Å². The maximum absolute atomic E-state index is 12.5. The van der Waals surface area contributed by atoms with Gasteiger partial charge in [-0.05, 0) is 55.7 Å². The van der Waals surface area contributed by atoms with Gasteiger partial charge in [0, 0.05) is 6.04 Å². The summed E-state index contributed by atoms with van der Waals surface area (Å²) < 4.78 is 27.8. The van der Waals surface area contributed by atoms with E-state index >= 15 is 0 Å². The van der Waals surface area contributed by atoms with E-state index in [1.54, 1.807) is 6.08 Å². The fourth-order valence-electron chi connectivity index (χ4n) is 3.11. The second-order valence-corrected chi connectivity index (χ2v) is 7.70. The van der Waals surface area contributed by atoms with Crippen LogP contribution in [-0.4, -0.2) is 25.7 Å². The molecule has 1 aromatic carbocycles. The normalized spacial score (nSPS) is 26.0. The largest absolute Gasteiger partial charge is 0.393 e. The number of rotatable bonds is 3. The molecule has 0 spiro atoms. The number of fused-ring (bicyclic) bond motifs is 1. The SMILES string of the molecule is O=S(=O)(NC1CCC(O)CC1)C1=Cc2ccccc2CC1. The lowest BCUT2D eigenvalue weighted by atomic mass is 9.94. The molecular weight excluding hydrogens is 286 g/mol. The highest BCUT2D eigenvalue weighted by atomic mass is 32.2. The standard InChI is InChI=1S/C16H21NO3S/c18-15-8-6-14(7-9-15)17-21(19,20)16-10-5-12-3-1-2-4-13(12)11-16/h1-4,11,14-15,17-18H,5-10H2. The van der Waals surface area contributed by atoms with Crippen molar-refractivity contribution in [2.75, 3.05) is 0 Å². The van der Waals surface area contributed by atoms with Crippen molar-refractivity contribution in [2.24, 2.45) is 0 Å². The summed E-state index contributed by atoms with van der Waals surface area (Å²) >= 11 is 0. The molecule has 0 aliphatic heterocycles. The number of hydrogen-bond donors (Lipinski definition) is 2. The predicted molar refractivity (Wildman–Crippen MR) is 83.1 cm³/mol. The minimum absolute atomic E-state index is 0.0449. The Labute approximate surface area is 125 Å². The summed E-state index contributed by atoms with van der Waals surface area (Å²) in [5.74, 6) is 0. The summed E-state index contributed by atoms with van der Waals surface area (Å²) in [4.78, 5) is 0.479. The Balaban J connectivity index is 1.75. The van der Waals surface area contributed by atoms with Gasteiger partial charge < -0.3 is 5.11 Å². The summed E-state index contributed by atoms with van der Waals surface area (Å²) in [5, 5.41) is 9.49. The highest BCUT2D eigenvalue weighted by Crippen LogP contribution is 2.27. The van der Waals surface area contributed by atoms with Crippen molar-refractivity contribution in [3.8, 4) is 0 Å². The highest BCUT2D eigenvalue weighted by Gasteiger charge is 2.27. The van der Waals surface area contributed by atoms with Crippen LogP contribution in [0.3, 0.4) is 0 Å². The van der Waals surface area contributed by atoms with Crippen molar-refractivity contribution in [3.05, 3.63) is 40.3 Å². The molecule has 0 bridgehead atoms. The van der Waals surface area contributed by atoms with Gasteiger partial charge in [-0.3, -0.25) is 0 Å². The van der Waals surface area contributed by atoms with Crippen LogP contribution in [0.1, 0.15) is 43.2 Å². The number of sulfonamides is 1. The van der Waals surface area contributed by atoms with Crippen LogP contribution in [-0.2, 0) is 16.4 Å². The molecule has 2 N–H and O–H groups in total. The van der Waals surface area contributed by atoms with E-state index in [0.29, 0.717) is 37.0 Å². The molecule has 21 heavy (non-hydrogen) atoms. The van der Waals surface area contributed by atoms with Crippen LogP contribution in [0.5, 0.6) is 0 Å². The number of allylic oxidation sites excluding steroid dienone is 1. The van der Waals surface area contributed by atoms with Gasteiger partial charge in [0.1, 0.15) is 0 Å². The van der Waals surface area contributed by atoms with E-state index in [0.717, 1.165) is 12.0 Å². The molecule has 4 nitrogen and oxygen atoms in total. The first-order valence-corrected chi connectivity index (χ1v) is 9.02. The monoisotopic (exact) mass is 307 g/mol. The molecule has 1 fully saturated rings. The molecule has 0 radical (unpaired) electrons. The maximum atomic E-state index is 12.5. The van der Waals surface area contributed by atoms with Gasteiger partial charge in [-0.1, -0.05) is 24.3 Å². The Hall–Kier alpha value is -1.17. The Kier molecular flexibility index (Phi) is 4.15. The summed E-state index contributed by atoms with van der Waals surface area (Å²) in [6.45, 7) is 0. The number of nitrogens with one attached hydrogen (secondary N) is 1. The van der Waals surface area contributed by atoms with E-state index in [1.807, 2.05) is 24.3 Å². The van der Waals surface area contributed by atoms with Gasteiger partial charge in [0.25, 0.3) is 0 Å². The number of hydrogen-bond acceptors (Lipinski definition) is 3. The van der Waals surface area contributed by atoms with Gasteiger partial charge >= 0.3 is 0 Å². The minimum atomic E-state index is -3.41. The lowest BCUT2D eigenvalue weighted by Gasteiger charge is -2.27. The summed E-state index contributed by atoms with van der Waals surface area (Å²) in [6, 6.07) is 7.88. The summed E-state index contributed by atoms with van der Waals surface area (Å²) in [6.07, 6.45) is 5.62. The molecule has 3 rings (SSSR count). The molecule has 2 aliphatic carbocycles. The van der Waals surface area contributed by atoms with Crippen molar-refractivity contribution in [2.45, 2.75) is 50.7 Å². The van der Waals surface area contributed by atoms with Crippen molar-refractivity contribution < 1.29 is 13.5 Å². The molecule has 0 amide bonds. The smallest absolute Gasteiger partial charge is 0.236 e. The number of aryl methyl sites for hydroxylation is 1. The summed E-state index contributed by atoms with van der Waals surface area (Å²) in [7, 11) is -3.41. The van der Waals surface area contributed by atoms with Gasteiger partial charge in [-0.25, -0.2) is 13.1 Å². The molecule has 1 aromatic rings. The zero-order chi connectivity index (χ0) is 14.9. The molecular formula is C16H21NO3S. The molecule has 0 heterocycles. The molecule has 0 unspecified atom stereocenters. The summed E-state index contributed by atoms with van der Waals surface area (Å²) in [5.41, 5.74) is 2.21. The third-order valence-corrected chi connectivity index (χ3v) is 6.03. The van der Waals surface area contributed by atoms with Crippen molar-refractivity contribution in [1.29, 1.82) is 0 Å². The molecule has 0 saturated heterocycles. The first-order chi connectivity index (χ1) is 10.0. The molecule has 0 atom stereocenters. The van der Waals surface area contributed by atoms with Crippen molar-refractivity contribution in [3.63, 3.8) is 0 Å². The Morgan fingerprint density at radius 2 is 1.76 bits per heavy atom. The van der Waals surface area contributed by atoms with Crippen LogP contribution in [0, 0.1) is 0 Å². The first kappa shape index (κ1) is 14.8. The second-order valence-electron chi connectivity index (χ2n) is 5.94. The lowest BCUT2D eigenvalue weighted by molar-refractivity contribution is 0.120. The predicted octanol–water partition coefficient (Wildman–Crippen LogP) is 2.20. The number of aliphatic hydroxyl groups is 1. The van der Waals surface area contributed by atoms with E-state index in [-0.39, 0.29) is 12.1 Å². The zero-order valence-corrected chi connectivity index (χ0v) is 12.8. The van der Waals surface area contributed by atoms with Crippen LogP contribution in [0.4, 0.5) is 0 Å². The highest BCUT2D eigenvalue weighted by molar-refractivity contribution is 7.93. The fraction of sp³-hybridized carbons (Fsp3) is 0.500. The quantitative estimate of drug-likeness (QED) is 0.899. The average Bonchev–Trinajstić information content (AvgIpc) is 2.49. The molecule has 2 aliphatic rings. The van der Waals surface area contributed by atoms with Gasteiger partial charge in [-0.15, -0.1) is 0 Å². The Morgan fingerprint density at radius 3 is 2.52 bits per heavy atom. The van der Waals surface area contributed by atoms with E-state index < -0.39 is 10.0 Å². The second kappa shape index (κ2) is 5.91.